The second kappa shape index (κ2) is 4.39. The van der Waals surface area contributed by atoms with Gasteiger partial charge in [-0.05, 0) is 30.4 Å². The number of ether oxygens (including phenoxy) is 1. The third-order valence-corrected chi connectivity index (χ3v) is 3.61. The highest BCUT2D eigenvalue weighted by Crippen LogP contribution is 2.54. The topological polar surface area (TPSA) is 58.9 Å². The molecule has 0 aromatic heterocycles. The fraction of sp³-hybridized carbons (Fsp3) is 0.533. The predicted octanol–water partition coefficient (Wildman–Crippen LogP) is 3.02. The van der Waals surface area contributed by atoms with E-state index in [1.807, 2.05) is 26.8 Å². The van der Waals surface area contributed by atoms with Crippen LogP contribution >= 0.6 is 0 Å². The first-order chi connectivity index (χ1) is 8.84. The van der Waals surface area contributed by atoms with Crippen molar-refractivity contribution in [2.45, 2.75) is 44.6 Å². The zero-order chi connectivity index (χ0) is 14.3. The van der Waals surface area contributed by atoms with Crippen molar-refractivity contribution in [3.05, 3.63) is 23.3 Å². The molecule has 19 heavy (non-hydrogen) atoms. The van der Waals surface area contributed by atoms with Gasteiger partial charge in [-0.3, -0.25) is 0 Å². The third-order valence-electron chi connectivity index (χ3n) is 3.61. The predicted molar refractivity (Wildman–Crippen MR) is 72.4 cm³/mol. The van der Waals surface area contributed by atoms with Gasteiger partial charge in [0.15, 0.2) is 0 Å². The van der Waals surface area contributed by atoms with Crippen LogP contribution in [-0.4, -0.2) is 18.3 Å². The van der Waals surface area contributed by atoms with Crippen LogP contribution in [0.15, 0.2) is 17.1 Å². The SMILES string of the molecule is COc1cc(C(C)(C)C)c(O)c(C2(N=C=O)CC2)c1. The summed E-state index contributed by atoms with van der Waals surface area (Å²) in [5, 5.41) is 10.5. The number of carbonyl (C=O) groups excluding carboxylic acids is 1. The fourth-order valence-corrected chi connectivity index (χ4v) is 2.30. The number of rotatable bonds is 3. The molecule has 0 heterocycles. The van der Waals surface area contributed by atoms with Gasteiger partial charge in [0.05, 0.1) is 7.11 Å². The molecular weight excluding hydrogens is 242 g/mol. The van der Waals surface area contributed by atoms with Gasteiger partial charge in [0.2, 0.25) is 6.08 Å². The molecule has 0 radical (unpaired) electrons. The van der Waals surface area contributed by atoms with Crippen molar-refractivity contribution in [2.75, 3.05) is 7.11 Å². The summed E-state index contributed by atoms with van der Waals surface area (Å²) >= 11 is 0. The van der Waals surface area contributed by atoms with Crippen molar-refractivity contribution in [2.24, 2.45) is 4.99 Å². The zero-order valence-electron chi connectivity index (χ0n) is 11.8. The molecule has 0 amide bonds. The number of aliphatic imine (C=N–C) groups is 1. The van der Waals surface area contributed by atoms with Crippen LogP contribution in [0.5, 0.6) is 11.5 Å². The molecule has 1 fully saturated rings. The van der Waals surface area contributed by atoms with Crippen LogP contribution in [0.1, 0.15) is 44.7 Å². The average Bonchev–Trinajstić information content (AvgIpc) is 3.09. The minimum absolute atomic E-state index is 0.213. The Morgan fingerprint density at radius 1 is 1.37 bits per heavy atom. The molecule has 102 valence electrons. The van der Waals surface area contributed by atoms with Crippen molar-refractivity contribution in [1.82, 2.24) is 0 Å². The van der Waals surface area contributed by atoms with Crippen LogP contribution in [0, 0.1) is 0 Å². The Kier molecular flexibility index (Phi) is 3.15. The van der Waals surface area contributed by atoms with Crippen LogP contribution in [-0.2, 0) is 15.7 Å². The molecule has 0 unspecified atom stereocenters. The lowest BCUT2D eigenvalue weighted by molar-refractivity contribution is 0.399. The Balaban J connectivity index is 2.65. The molecule has 1 saturated carbocycles. The maximum Gasteiger partial charge on any atom is 0.235 e. The first kappa shape index (κ1) is 13.6. The standard InChI is InChI=1S/C15H19NO3/c1-14(2,3)11-7-10(19-4)8-12(13(11)18)15(5-6-15)16-9-17/h7-8,18H,5-6H2,1-4H3. The monoisotopic (exact) mass is 261 g/mol. The van der Waals surface area contributed by atoms with Crippen LogP contribution in [0.2, 0.25) is 0 Å². The fourth-order valence-electron chi connectivity index (χ4n) is 2.30. The lowest BCUT2D eigenvalue weighted by Crippen LogP contribution is -2.14. The van der Waals surface area contributed by atoms with Gasteiger partial charge in [-0.1, -0.05) is 20.8 Å². The summed E-state index contributed by atoms with van der Waals surface area (Å²) in [6.07, 6.45) is 3.13. The van der Waals surface area contributed by atoms with Gasteiger partial charge in [-0.25, -0.2) is 4.79 Å². The number of hydrogen-bond acceptors (Lipinski definition) is 4. The van der Waals surface area contributed by atoms with Gasteiger partial charge >= 0.3 is 0 Å². The number of isocyanates is 1. The Hall–Kier alpha value is -1.80. The molecule has 2 rings (SSSR count). The lowest BCUT2D eigenvalue weighted by atomic mass is 9.83. The first-order valence-electron chi connectivity index (χ1n) is 6.35. The number of nitrogens with zero attached hydrogens (tertiary/aromatic N) is 1. The molecule has 1 aliphatic carbocycles. The molecule has 0 bridgehead atoms. The molecule has 4 heteroatoms. The highest BCUT2D eigenvalue weighted by Gasteiger charge is 2.47. The number of phenols is 1. The summed E-state index contributed by atoms with van der Waals surface area (Å²) in [7, 11) is 1.59. The van der Waals surface area contributed by atoms with E-state index < -0.39 is 5.54 Å². The highest BCUT2D eigenvalue weighted by molar-refractivity contribution is 5.55. The highest BCUT2D eigenvalue weighted by atomic mass is 16.5. The van der Waals surface area contributed by atoms with Crippen LogP contribution in [0.25, 0.3) is 0 Å². The second-order valence-electron chi connectivity index (χ2n) is 6.06. The number of phenolic OH excluding ortho intramolecular Hbond substituents is 1. The summed E-state index contributed by atoms with van der Waals surface area (Å²) < 4.78 is 5.30. The molecule has 0 atom stereocenters. The van der Waals surface area contributed by atoms with E-state index >= 15 is 0 Å². The molecule has 4 nitrogen and oxygen atoms in total. The molecule has 0 spiro atoms. The molecule has 0 saturated heterocycles. The summed E-state index contributed by atoms with van der Waals surface area (Å²) in [4.78, 5) is 14.5. The normalized spacial score (nSPS) is 16.6. The Labute approximate surface area is 113 Å². The molecule has 1 aromatic rings. The first-order valence-corrected chi connectivity index (χ1v) is 6.35. The number of hydrogen-bond donors (Lipinski definition) is 1. The van der Waals surface area contributed by atoms with E-state index in [0.29, 0.717) is 11.3 Å². The van der Waals surface area contributed by atoms with Gasteiger partial charge in [0, 0.05) is 11.1 Å². The average molecular weight is 261 g/mol. The van der Waals surface area contributed by atoms with Gasteiger partial charge in [-0.15, -0.1) is 0 Å². The molecule has 1 aromatic carbocycles. The summed E-state index contributed by atoms with van der Waals surface area (Å²) in [5.74, 6) is 0.884. The largest absolute Gasteiger partial charge is 0.507 e. The molecule has 1 N–H and O–H groups in total. The minimum Gasteiger partial charge on any atom is -0.507 e. The smallest absolute Gasteiger partial charge is 0.235 e. The van der Waals surface area contributed by atoms with Crippen LogP contribution < -0.4 is 4.74 Å². The van der Waals surface area contributed by atoms with Gasteiger partial charge in [0.1, 0.15) is 17.0 Å². The Morgan fingerprint density at radius 3 is 2.42 bits per heavy atom. The van der Waals surface area contributed by atoms with Crippen LogP contribution in [0.4, 0.5) is 0 Å². The van der Waals surface area contributed by atoms with E-state index in [2.05, 4.69) is 4.99 Å². The van der Waals surface area contributed by atoms with Crippen molar-refractivity contribution in [3.63, 3.8) is 0 Å². The summed E-state index contributed by atoms with van der Waals surface area (Å²) in [6, 6.07) is 3.60. The summed E-state index contributed by atoms with van der Waals surface area (Å²) in [6.45, 7) is 6.06. The molecule has 1 aliphatic rings. The number of benzene rings is 1. The van der Waals surface area contributed by atoms with E-state index in [0.717, 1.165) is 18.4 Å². The van der Waals surface area contributed by atoms with Gasteiger partial charge in [-0.2, -0.15) is 4.99 Å². The van der Waals surface area contributed by atoms with Crippen molar-refractivity contribution in [1.29, 1.82) is 0 Å². The van der Waals surface area contributed by atoms with Gasteiger partial charge < -0.3 is 9.84 Å². The third kappa shape index (κ3) is 2.36. The maximum absolute atomic E-state index is 10.6. The Bertz CT molecular complexity index is 547. The molecule has 0 aliphatic heterocycles. The van der Waals surface area contributed by atoms with E-state index in [9.17, 15) is 9.90 Å². The van der Waals surface area contributed by atoms with E-state index in [1.54, 1.807) is 19.3 Å². The quantitative estimate of drug-likeness (QED) is 0.672. The Morgan fingerprint density at radius 2 is 2.00 bits per heavy atom. The van der Waals surface area contributed by atoms with E-state index in [1.165, 1.54) is 0 Å². The lowest BCUT2D eigenvalue weighted by Gasteiger charge is -2.24. The van der Waals surface area contributed by atoms with Gasteiger partial charge in [0.25, 0.3) is 0 Å². The van der Waals surface area contributed by atoms with E-state index in [4.69, 9.17) is 4.74 Å². The summed E-state index contributed by atoms with van der Waals surface area (Å²) in [5.41, 5.74) is 0.656. The van der Waals surface area contributed by atoms with Crippen molar-refractivity contribution < 1.29 is 14.6 Å². The number of aromatic hydroxyl groups is 1. The maximum atomic E-state index is 10.6. The molecular formula is C15H19NO3. The van der Waals surface area contributed by atoms with Crippen molar-refractivity contribution >= 4 is 6.08 Å². The minimum atomic E-state index is -0.597. The van der Waals surface area contributed by atoms with E-state index in [-0.39, 0.29) is 11.2 Å². The van der Waals surface area contributed by atoms with Crippen LogP contribution in [0.3, 0.4) is 0 Å². The number of methoxy groups -OCH3 is 1. The van der Waals surface area contributed by atoms with Crippen molar-refractivity contribution in [3.8, 4) is 11.5 Å². The second-order valence-corrected chi connectivity index (χ2v) is 6.06. The zero-order valence-corrected chi connectivity index (χ0v) is 11.8.